The number of aromatic nitrogens is 1. The first-order valence-electron chi connectivity index (χ1n) is 5.44. The van der Waals surface area contributed by atoms with E-state index in [1.54, 1.807) is 25.1 Å². The van der Waals surface area contributed by atoms with Crippen molar-refractivity contribution in [3.63, 3.8) is 0 Å². The third kappa shape index (κ3) is 2.98. The Balaban J connectivity index is 2.20. The van der Waals surface area contributed by atoms with Crippen LogP contribution in [0, 0.1) is 6.92 Å². The third-order valence-corrected chi connectivity index (χ3v) is 2.36. The number of hydrogen-bond donors (Lipinski definition) is 2. The van der Waals surface area contributed by atoms with Gasteiger partial charge in [0, 0.05) is 18.1 Å². The maximum absolute atomic E-state index is 11.7. The van der Waals surface area contributed by atoms with E-state index in [-0.39, 0.29) is 0 Å². The van der Waals surface area contributed by atoms with Gasteiger partial charge in [-0.25, -0.2) is 9.52 Å². The summed E-state index contributed by atoms with van der Waals surface area (Å²) in [6.07, 6.45) is 2.90. The topological polar surface area (TPSA) is 66.6 Å². The lowest BCUT2D eigenvalue weighted by Crippen LogP contribution is -2.15. The first-order chi connectivity index (χ1) is 8.65. The molecule has 0 radical (unpaired) electrons. The van der Waals surface area contributed by atoms with E-state index < -0.39 is 6.03 Å². The Labute approximate surface area is 104 Å². The number of anilines is 1. The molecular weight excluding hydrogens is 230 g/mol. The lowest BCUT2D eigenvalue weighted by molar-refractivity contribution is 0.183. The third-order valence-electron chi connectivity index (χ3n) is 2.36. The van der Waals surface area contributed by atoms with E-state index in [0.29, 0.717) is 16.6 Å². The zero-order chi connectivity index (χ0) is 13.0. The van der Waals surface area contributed by atoms with Gasteiger partial charge in [0.1, 0.15) is 0 Å². The summed E-state index contributed by atoms with van der Waals surface area (Å²) in [6, 6.07) is 10.2. The van der Waals surface area contributed by atoms with Crippen molar-refractivity contribution in [1.82, 2.24) is 4.73 Å². The summed E-state index contributed by atoms with van der Waals surface area (Å²) < 4.78 is 0.920. The van der Waals surface area contributed by atoms with Crippen LogP contribution in [0.25, 0.3) is 0 Å². The highest BCUT2D eigenvalue weighted by Crippen LogP contribution is 2.04. The number of hydrogen-bond acceptors (Lipinski definition) is 2. The SMILES string of the molecule is Cc1cn(O)cc/c1=N/C(=O)Nc1ccccc1. The van der Waals surface area contributed by atoms with E-state index >= 15 is 0 Å². The van der Waals surface area contributed by atoms with Crippen molar-refractivity contribution in [1.29, 1.82) is 0 Å². The van der Waals surface area contributed by atoms with E-state index in [2.05, 4.69) is 10.3 Å². The number of carbonyl (C=O) groups is 1. The van der Waals surface area contributed by atoms with E-state index in [1.165, 1.54) is 12.4 Å². The maximum Gasteiger partial charge on any atom is 0.345 e. The zero-order valence-electron chi connectivity index (χ0n) is 9.87. The van der Waals surface area contributed by atoms with Crippen molar-refractivity contribution in [3.8, 4) is 0 Å². The summed E-state index contributed by atoms with van der Waals surface area (Å²) in [7, 11) is 0. The molecule has 0 aliphatic rings. The van der Waals surface area contributed by atoms with E-state index in [9.17, 15) is 10.0 Å². The molecule has 0 spiro atoms. The van der Waals surface area contributed by atoms with Crippen molar-refractivity contribution >= 4 is 11.7 Å². The van der Waals surface area contributed by atoms with Crippen molar-refractivity contribution in [3.05, 3.63) is 59.7 Å². The monoisotopic (exact) mass is 243 g/mol. The summed E-state index contributed by atoms with van der Waals surface area (Å²) in [5, 5.41) is 12.4. The molecule has 1 aromatic carbocycles. The molecule has 0 bridgehead atoms. The normalized spacial score (nSPS) is 11.3. The summed E-state index contributed by atoms with van der Waals surface area (Å²) in [6.45, 7) is 1.77. The molecule has 5 heteroatoms. The number of rotatable bonds is 1. The zero-order valence-corrected chi connectivity index (χ0v) is 9.87. The molecule has 92 valence electrons. The van der Waals surface area contributed by atoms with Gasteiger partial charge in [-0.15, -0.1) is 0 Å². The summed E-state index contributed by atoms with van der Waals surface area (Å²) >= 11 is 0. The molecule has 0 fully saturated rings. The van der Waals surface area contributed by atoms with Crippen molar-refractivity contribution in [2.24, 2.45) is 4.99 Å². The summed E-state index contributed by atoms with van der Waals surface area (Å²) in [5.74, 6) is 0. The number of amides is 2. The number of pyridine rings is 1. The number of aryl methyl sites for hydroxylation is 1. The second-order valence-corrected chi connectivity index (χ2v) is 3.80. The summed E-state index contributed by atoms with van der Waals surface area (Å²) in [5.41, 5.74) is 1.40. The highest BCUT2D eigenvalue weighted by Gasteiger charge is 1.99. The molecule has 1 heterocycles. The molecule has 2 rings (SSSR count). The number of urea groups is 1. The lowest BCUT2D eigenvalue weighted by Gasteiger charge is -2.01. The van der Waals surface area contributed by atoms with Crippen LogP contribution in [0.5, 0.6) is 0 Å². The molecule has 2 aromatic rings. The quantitative estimate of drug-likeness (QED) is 0.754. The van der Waals surface area contributed by atoms with Crippen molar-refractivity contribution in [2.75, 3.05) is 5.32 Å². The highest BCUT2D eigenvalue weighted by molar-refractivity contribution is 5.89. The molecular formula is C13H13N3O2. The summed E-state index contributed by atoms with van der Waals surface area (Å²) in [4.78, 5) is 15.6. The number of nitrogens with zero attached hydrogens (tertiary/aromatic N) is 2. The van der Waals surface area contributed by atoms with Gasteiger partial charge in [0.15, 0.2) is 0 Å². The van der Waals surface area contributed by atoms with Gasteiger partial charge in [-0.1, -0.05) is 18.2 Å². The van der Waals surface area contributed by atoms with Gasteiger partial charge in [0.25, 0.3) is 0 Å². The van der Waals surface area contributed by atoms with Gasteiger partial charge >= 0.3 is 6.03 Å². The van der Waals surface area contributed by atoms with Crippen LogP contribution in [-0.2, 0) is 0 Å². The molecule has 0 aliphatic carbocycles. The predicted octanol–water partition coefficient (Wildman–Crippen LogP) is 2.17. The number of nitrogens with one attached hydrogen (secondary N) is 1. The van der Waals surface area contributed by atoms with Crippen LogP contribution in [0.2, 0.25) is 0 Å². The number of benzene rings is 1. The molecule has 0 unspecified atom stereocenters. The standard InChI is InChI=1S/C13H13N3O2/c1-10-9-16(18)8-7-12(10)15-13(17)14-11-5-3-2-4-6-11/h2-9,18H,1H3,(H,14,17)/b15-12-. The number of carbonyl (C=O) groups excluding carboxylic acids is 1. The molecule has 0 saturated heterocycles. The van der Waals surface area contributed by atoms with E-state index in [0.717, 1.165) is 4.73 Å². The average molecular weight is 243 g/mol. The minimum Gasteiger partial charge on any atom is -0.429 e. The second kappa shape index (κ2) is 5.18. The Kier molecular flexibility index (Phi) is 3.43. The van der Waals surface area contributed by atoms with Gasteiger partial charge < -0.3 is 10.5 Å². The van der Waals surface area contributed by atoms with Crippen LogP contribution in [-0.4, -0.2) is 16.0 Å². The fraction of sp³-hybridized carbons (Fsp3) is 0.0769. The predicted molar refractivity (Wildman–Crippen MR) is 67.4 cm³/mol. The smallest absolute Gasteiger partial charge is 0.345 e. The van der Waals surface area contributed by atoms with Gasteiger partial charge in [-0.3, -0.25) is 0 Å². The first-order valence-corrected chi connectivity index (χ1v) is 5.44. The molecule has 18 heavy (non-hydrogen) atoms. The lowest BCUT2D eigenvalue weighted by atomic mass is 10.3. The fourth-order valence-electron chi connectivity index (χ4n) is 1.49. The molecule has 2 N–H and O–H groups in total. The first kappa shape index (κ1) is 11.9. The molecule has 5 nitrogen and oxygen atoms in total. The Morgan fingerprint density at radius 1 is 1.28 bits per heavy atom. The van der Waals surface area contributed by atoms with E-state index in [4.69, 9.17) is 0 Å². The van der Waals surface area contributed by atoms with Crippen LogP contribution < -0.4 is 10.7 Å². The van der Waals surface area contributed by atoms with Crippen molar-refractivity contribution in [2.45, 2.75) is 6.92 Å². The van der Waals surface area contributed by atoms with Gasteiger partial charge in [-0.2, -0.15) is 4.99 Å². The van der Waals surface area contributed by atoms with Gasteiger partial charge in [0.05, 0.1) is 5.36 Å². The van der Waals surface area contributed by atoms with Crippen LogP contribution in [0.1, 0.15) is 5.56 Å². The Morgan fingerprint density at radius 2 is 2.00 bits per heavy atom. The fourth-order valence-corrected chi connectivity index (χ4v) is 1.49. The number of para-hydroxylation sites is 1. The second-order valence-electron chi connectivity index (χ2n) is 3.80. The van der Waals surface area contributed by atoms with Crippen LogP contribution >= 0.6 is 0 Å². The van der Waals surface area contributed by atoms with Gasteiger partial charge in [-0.05, 0) is 30.7 Å². The largest absolute Gasteiger partial charge is 0.429 e. The van der Waals surface area contributed by atoms with Crippen molar-refractivity contribution < 1.29 is 10.0 Å². The van der Waals surface area contributed by atoms with Crippen LogP contribution in [0.3, 0.4) is 0 Å². The molecule has 0 atom stereocenters. The molecule has 1 aromatic heterocycles. The Bertz CT molecular complexity index is 618. The highest BCUT2D eigenvalue weighted by atomic mass is 16.5. The molecule has 0 saturated carbocycles. The molecule has 2 amide bonds. The van der Waals surface area contributed by atoms with Crippen LogP contribution in [0.4, 0.5) is 10.5 Å². The minimum absolute atomic E-state index is 0.444. The van der Waals surface area contributed by atoms with E-state index in [1.807, 2.05) is 18.2 Å². The van der Waals surface area contributed by atoms with Crippen LogP contribution in [0.15, 0.2) is 53.8 Å². The average Bonchev–Trinajstić information content (AvgIpc) is 2.34. The maximum atomic E-state index is 11.7. The Morgan fingerprint density at radius 3 is 2.67 bits per heavy atom. The molecule has 0 aliphatic heterocycles. The van der Waals surface area contributed by atoms with Gasteiger partial charge in [0.2, 0.25) is 0 Å². The Hall–Kier alpha value is -2.56. The minimum atomic E-state index is -0.444.